The number of carbonyl (C=O) groups excluding carboxylic acids is 2. The summed E-state index contributed by atoms with van der Waals surface area (Å²) in [6.07, 6.45) is 10.9. The molecule has 1 aliphatic carbocycles. The van der Waals surface area contributed by atoms with Crippen molar-refractivity contribution in [2.24, 2.45) is 4.99 Å². The van der Waals surface area contributed by atoms with Gasteiger partial charge in [-0.3, -0.25) is 24.5 Å². The summed E-state index contributed by atoms with van der Waals surface area (Å²) in [5, 5.41) is 5.94. The van der Waals surface area contributed by atoms with E-state index in [4.69, 9.17) is 0 Å². The molecular weight excluding hydrogens is 476 g/mol. The summed E-state index contributed by atoms with van der Waals surface area (Å²) in [5.41, 5.74) is 6.37. The number of carbonyl (C=O) groups is 2. The van der Waals surface area contributed by atoms with Crippen LogP contribution in [0.1, 0.15) is 72.2 Å². The average molecular weight is 509 g/mol. The molecule has 194 valence electrons. The monoisotopic (exact) mass is 508 g/mol. The number of pyridine rings is 2. The van der Waals surface area contributed by atoms with E-state index in [-0.39, 0.29) is 23.9 Å². The quantitative estimate of drug-likeness (QED) is 0.489. The number of anilines is 1. The lowest BCUT2D eigenvalue weighted by Gasteiger charge is -2.30. The minimum atomic E-state index is -0.289. The summed E-state index contributed by atoms with van der Waals surface area (Å²) in [4.78, 5) is 41.6. The van der Waals surface area contributed by atoms with E-state index in [9.17, 15) is 9.59 Å². The van der Waals surface area contributed by atoms with Crippen LogP contribution in [0.25, 0.3) is 11.1 Å². The molecule has 38 heavy (non-hydrogen) atoms. The van der Waals surface area contributed by atoms with Crippen molar-refractivity contribution in [2.75, 3.05) is 18.4 Å². The fraction of sp³-hybridized carbons (Fsp3) is 0.367. The van der Waals surface area contributed by atoms with Crippen molar-refractivity contribution in [1.82, 2.24) is 20.2 Å². The lowest BCUT2D eigenvalue weighted by atomic mass is 9.96. The first-order chi connectivity index (χ1) is 18.5. The van der Waals surface area contributed by atoms with Gasteiger partial charge in [-0.2, -0.15) is 0 Å². The van der Waals surface area contributed by atoms with E-state index in [0.717, 1.165) is 67.6 Å². The van der Waals surface area contributed by atoms with Gasteiger partial charge in [0.15, 0.2) is 0 Å². The third-order valence-corrected chi connectivity index (χ3v) is 7.72. The molecule has 2 amide bonds. The van der Waals surface area contributed by atoms with Crippen LogP contribution in [0.15, 0.2) is 60.0 Å². The molecule has 0 radical (unpaired) electrons. The molecule has 8 nitrogen and oxygen atoms in total. The predicted molar refractivity (Wildman–Crippen MR) is 147 cm³/mol. The Morgan fingerprint density at radius 2 is 1.79 bits per heavy atom. The van der Waals surface area contributed by atoms with Crippen molar-refractivity contribution in [3.05, 3.63) is 77.4 Å². The minimum Gasteiger partial charge on any atom is -0.348 e. The van der Waals surface area contributed by atoms with Crippen molar-refractivity contribution in [3.8, 4) is 11.1 Å². The molecular formula is C30H32N6O2. The average Bonchev–Trinajstić information content (AvgIpc) is 3.54. The minimum absolute atomic E-state index is 0.101. The topological polar surface area (TPSA) is 99.6 Å². The molecule has 1 saturated carbocycles. The molecule has 2 fully saturated rings. The second kappa shape index (κ2) is 10.5. The Morgan fingerprint density at radius 3 is 2.53 bits per heavy atom. The van der Waals surface area contributed by atoms with Gasteiger partial charge in [0, 0.05) is 36.1 Å². The second-order valence-electron chi connectivity index (χ2n) is 10.5. The van der Waals surface area contributed by atoms with Crippen LogP contribution in [-0.2, 0) is 11.3 Å². The third-order valence-electron chi connectivity index (χ3n) is 7.72. The fourth-order valence-corrected chi connectivity index (χ4v) is 5.47. The van der Waals surface area contributed by atoms with Gasteiger partial charge in [-0.25, -0.2) is 4.98 Å². The molecule has 1 atom stereocenters. The van der Waals surface area contributed by atoms with Gasteiger partial charge >= 0.3 is 0 Å². The molecule has 0 bridgehead atoms. The molecule has 4 heterocycles. The summed E-state index contributed by atoms with van der Waals surface area (Å²) in [7, 11) is 0. The zero-order chi connectivity index (χ0) is 26.1. The highest BCUT2D eigenvalue weighted by Crippen LogP contribution is 2.33. The smallest absolute Gasteiger partial charge is 0.274 e. The maximum atomic E-state index is 13.3. The molecule has 3 aromatic rings. The first kappa shape index (κ1) is 24.4. The Balaban J connectivity index is 1.16. The van der Waals surface area contributed by atoms with Gasteiger partial charge in [-0.1, -0.05) is 25.0 Å². The van der Waals surface area contributed by atoms with Crippen molar-refractivity contribution in [2.45, 2.75) is 57.7 Å². The van der Waals surface area contributed by atoms with Crippen LogP contribution < -0.4 is 10.6 Å². The third kappa shape index (κ3) is 5.09. The number of rotatable bonds is 7. The number of amides is 2. The SMILES string of the molecule is C[C@@H]1N=C(C(=O)Nc2ccc(C(=O)NC3CCCC3)nc2)c2cc(-c3cncc(CN4CCC4)c3)ccc21. The van der Waals surface area contributed by atoms with E-state index in [0.29, 0.717) is 17.1 Å². The highest BCUT2D eigenvalue weighted by atomic mass is 16.2. The van der Waals surface area contributed by atoms with Crippen LogP contribution in [0.2, 0.25) is 0 Å². The van der Waals surface area contributed by atoms with Gasteiger partial charge in [-0.05, 0) is 80.2 Å². The molecule has 0 spiro atoms. The molecule has 1 saturated heterocycles. The van der Waals surface area contributed by atoms with E-state index in [1.54, 1.807) is 12.1 Å². The van der Waals surface area contributed by atoms with Crippen LogP contribution in [0.3, 0.4) is 0 Å². The number of hydrogen-bond donors (Lipinski definition) is 2. The fourth-order valence-electron chi connectivity index (χ4n) is 5.47. The zero-order valence-electron chi connectivity index (χ0n) is 21.6. The molecule has 6 rings (SSSR count). The normalized spacial score (nSPS) is 19.0. The highest BCUT2D eigenvalue weighted by Gasteiger charge is 2.27. The maximum Gasteiger partial charge on any atom is 0.274 e. The largest absolute Gasteiger partial charge is 0.348 e. The molecule has 2 aliphatic heterocycles. The highest BCUT2D eigenvalue weighted by molar-refractivity contribution is 6.50. The van der Waals surface area contributed by atoms with Crippen LogP contribution in [0.5, 0.6) is 0 Å². The number of aromatic nitrogens is 2. The van der Waals surface area contributed by atoms with Gasteiger partial charge < -0.3 is 10.6 Å². The maximum absolute atomic E-state index is 13.3. The van der Waals surface area contributed by atoms with Crippen LogP contribution in [-0.4, -0.2) is 51.5 Å². The number of likely N-dealkylation sites (tertiary alicyclic amines) is 1. The van der Waals surface area contributed by atoms with E-state index < -0.39 is 0 Å². The van der Waals surface area contributed by atoms with Crippen molar-refractivity contribution < 1.29 is 9.59 Å². The first-order valence-corrected chi connectivity index (χ1v) is 13.5. The summed E-state index contributed by atoms with van der Waals surface area (Å²) in [5.74, 6) is -0.462. The Bertz CT molecular complexity index is 1390. The zero-order valence-corrected chi connectivity index (χ0v) is 21.6. The van der Waals surface area contributed by atoms with Gasteiger partial charge in [0.25, 0.3) is 11.8 Å². The Labute approximate surface area is 222 Å². The molecule has 2 N–H and O–H groups in total. The van der Waals surface area contributed by atoms with Gasteiger partial charge in [0.05, 0.1) is 17.9 Å². The van der Waals surface area contributed by atoms with E-state index in [1.165, 1.54) is 18.2 Å². The number of aliphatic imine (C=N–C) groups is 1. The lowest BCUT2D eigenvalue weighted by molar-refractivity contribution is -0.110. The number of hydrogen-bond acceptors (Lipinski definition) is 6. The first-order valence-electron chi connectivity index (χ1n) is 13.5. The molecule has 0 unspecified atom stereocenters. The molecule has 3 aliphatic rings. The number of nitrogens with zero attached hydrogens (tertiary/aromatic N) is 4. The van der Waals surface area contributed by atoms with Gasteiger partial charge in [0.1, 0.15) is 11.4 Å². The Morgan fingerprint density at radius 1 is 0.947 bits per heavy atom. The van der Waals surface area contributed by atoms with Crippen molar-refractivity contribution in [1.29, 1.82) is 0 Å². The summed E-state index contributed by atoms with van der Waals surface area (Å²) >= 11 is 0. The Hall–Kier alpha value is -3.91. The number of benzene rings is 1. The van der Waals surface area contributed by atoms with E-state index >= 15 is 0 Å². The molecule has 1 aromatic carbocycles. The molecule has 8 heteroatoms. The summed E-state index contributed by atoms with van der Waals surface area (Å²) in [6.45, 7) is 5.18. The van der Waals surface area contributed by atoms with Crippen molar-refractivity contribution >= 4 is 23.2 Å². The molecule has 2 aromatic heterocycles. The van der Waals surface area contributed by atoms with E-state index in [1.807, 2.05) is 25.4 Å². The van der Waals surface area contributed by atoms with Crippen molar-refractivity contribution in [3.63, 3.8) is 0 Å². The van der Waals surface area contributed by atoms with Crippen LogP contribution >= 0.6 is 0 Å². The standard InChI is InChI=1S/C30H32N6O2/c1-19-25-9-7-21(22-13-20(15-31-16-22)18-36-11-4-12-36)14-26(25)28(33-19)30(38)35-24-8-10-27(32-17-24)29(37)34-23-5-2-3-6-23/h7-10,13-17,19,23H,2-6,11-12,18H2,1H3,(H,34,37)(H,35,38)/t19-/m0/s1. The van der Waals surface area contributed by atoms with Crippen LogP contribution in [0, 0.1) is 0 Å². The summed E-state index contributed by atoms with van der Waals surface area (Å²) < 4.78 is 0. The second-order valence-corrected chi connectivity index (χ2v) is 10.5. The van der Waals surface area contributed by atoms with Crippen LogP contribution in [0.4, 0.5) is 5.69 Å². The number of fused-ring (bicyclic) bond motifs is 1. The van der Waals surface area contributed by atoms with E-state index in [2.05, 4.69) is 48.7 Å². The Kier molecular flexibility index (Phi) is 6.72. The number of nitrogens with one attached hydrogen (secondary N) is 2. The predicted octanol–water partition coefficient (Wildman–Crippen LogP) is 4.52. The lowest BCUT2D eigenvalue weighted by Crippen LogP contribution is -2.36. The summed E-state index contributed by atoms with van der Waals surface area (Å²) in [6, 6.07) is 11.8. The van der Waals surface area contributed by atoms with Gasteiger partial charge in [-0.15, -0.1) is 0 Å². The van der Waals surface area contributed by atoms with Gasteiger partial charge in [0.2, 0.25) is 0 Å².